The molecule has 0 unspecified atom stereocenters. The van der Waals surface area contributed by atoms with E-state index in [1.807, 2.05) is 36.4 Å². The van der Waals surface area contributed by atoms with Crippen LogP contribution in [-0.2, 0) is 4.74 Å². The molecule has 0 aliphatic heterocycles. The molecule has 5 heteroatoms. The van der Waals surface area contributed by atoms with E-state index in [4.69, 9.17) is 4.74 Å². The highest BCUT2D eigenvalue weighted by Gasteiger charge is 2.07. The van der Waals surface area contributed by atoms with Crippen LogP contribution in [0.15, 0.2) is 36.4 Å². The van der Waals surface area contributed by atoms with Crippen LogP contribution in [0.5, 0.6) is 0 Å². The van der Waals surface area contributed by atoms with Crippen LogP contribution < -0.4 is 10.6 Å². The lowest BCUT2D eigenvalue weighted by molar-refractivity contribution is 0.210. The second-order valence-corrected chi connectivity index (χ2v) is 5.52. The Balaban J connectivity index is 2.23. The van der Waals surface area contributed by atoms with Gasteiger partial charge in [-0.15, -0.1) is 0 Å². The smallest absolute Gasteiger partial charge is 0.225 e. The van der Waals surface area contributed by atoms with E-state index in [2.05, 4.69) is 34.4 Å². The van der Waals surface area contributed by atoms with Gasteiger partial charge in [-0.2, -0.15) is 4.98 Å². The van der Waals surface area contributed by atoms with Gasteiger partial charge in [0.05, 0.1) is 12.3 Å². The van der Waals surface area contributed by atoms with Crippen LogP contribution in [0.2, 0.25) is 0 Å². The Morgan fingerprint density at radius 3 is 2.55 bits per heavy atom. The molecule has 0 spiro atoms. The zero-order valence-electron chi connectivity index (χ0n) is 13.5. The van der Waals surface area contributed by atoms with Crippen molar-refractivity contribution in [2.75, 3.05) is 37.4 Å². The van der Waals surface area contributed by atoms with Gasteiger partial charge in [0.2, 0.25) is 5.95 Å². The summed E-state index contributed by atoms with van der Waals surface area (Å²) in [7, 11) is 1.69. The average molecular weight is 300 g/mol. The normalized spacial score (nSPS) is 10.7. The molecule has 0 aliphatic carbocycles. The summed E-state index contributed by atoms with van der Waals surface area (Å²) in [5, 5.41) is 6.56. The number of rotatable bonds is 8. The molecule has 0 bridgehead atoms. The van der Waals surface area contributed by atoms with Crippen LogP contribution >= 0.6 is 0 Å². The number of methoxy groups -OCH3 is 1. The first-order chi connectivity index (χ1) is 10.7. The van der Waals surface area contributed by atoms with Crippen molar-refractivity contribution in [3.05, 3.63) is 36.4 Å². The SMILES string of the molecule is COCCNc1cc(-c2ccccc2)nc(NCC(C)C)n1. The van der Waals surface area contributed by atoms with Crippen LogP contribution in [0.25, 0.3) is 11.3 Å². The number of hydrogen-bond acceptors (Lipinski definition) is 5. The van der Waals surface area contributed by atoms with Crippen molar-refractivity contribution in [1.82, 2.24) is 9.97 Å². The Bertz CT molecular complexity index is 572. The topological polar surface area (TPSA) is 59.1 Å². The lowest BCUT2D eigenvalue weighted by Gasteiger charge is -2.12. The molecule has 1 aromatic heterocycles. The Morgan fingerprint density at radius 2 is 1.86 bits per heavy atom. The van der Waals surface area contributed by atoms with E-state index in [9.17, 15) is 0 Å². The second-order valence-electron chi connectivity index (χ2n) is 5.52. The van der Waals surface area contributed by atoms with Crippen LogP contribution in [0.1, 0.15) is 13.8 Å². The van der Waals surface area contributed by atoms with Crippen molar-refractivity contribution in [2.45, 2.75) is 13.8 Å². The largest absolute Gasteiger partial charge is 0.383 e. The first kappa shape index (κ1) is 16.2. The number of hydrogen-bond donors (Lipinski definition) is 2. The van der Waals surface area contributed by atoms with E-state index < -0.39 is 0 Å². The molecule has 0 amide bonds. The van der Waals surface area contributed by atoms with Crippen molar-refractivity contribution in [3.8, 4) is 11.3 Å². The van der Waals surface area contributed by atoms with E-state index in [0.29, 0.717) is 25.0 Å². The minimum absolute atomic E-state index is 0.536. The van der Waals surface area contributed by atoms with Crippen LogP contribution in [0, 0.1) is 5.92 Å². The maximum Gasteiger partial charge on any atom is 0.225 e. The van der Waals surface area contributed by atoms with Crippen molar-refractivity contribution in [1.29, 1.82) is 0 Å². The standard InChI is InChI=1S/C17H24N4O/c1-13(2)12-19-17-20-15(14-7-5-4-6-8-14)11-16(21-17)18-9-10-22-3/h4-8,11,13H,9-10,12H2,1-3H3,(H2,18,19,20,21). The molecule has 118 valence electrons. The predicted molar refractivity (Wildman–Crippen MR) is 91.2 cm³/mol. The first-order valence-corrected chi connectivity index (χ1v) is 7.60. The maximum absolute atomic E-state index is 5.07. The van der Waals surface area contributed by atoms with Gasteiger partial charge in [-0.1, -0.05) is 44.2 Å². The highest BCUT2D eigenvalue weighted by atomic mass is 16.5. The van der Waals surface area contributed by atoms with Gasteiger partial charge in [0.15, 0.2) is 0 Å². The minimum Gasteiger partial charge on any atom is -0.383 e. The number of nitrogens with zero attached hydrogens (tertiary/aromatic N) is 2. The van der Waals surface area contributed by atoms with E-state index in [0.717, 1.165) is 23.6 Å². The van der Waals surface area contributed by atoms with Gasteiger partial charge >= 0.3 is 0 Å². The van der Waals surface area contributed by atoms with Crippen LogP contribution in [-0.4, -0.2) is 36.8 Å². The zero-order chi connectivity index (χ0) is 15.8. The Morgan fingerprint density at radius 1 is 1.09 bits per heavy atom. The third-order valence-corrected chi connectivity index (χ3v) is 3.08. The fourth-order valence-corrected chi connectivity index (χ4v) is 1.95. The molecule has 22 heavy (non-hydrogen) atoms. The third-order valence-electron chi connectivity index (χ3n) is 3.08. The number of aromatic nitrogens is 2. The quantitative estimate of drug-likeness (QED) is 0.733. The third kappa shape index (κ3) is 5.00. The van der Waals surface area contributed by atoms with Crippen LogP contribution in [0.3, 0.4) is 0 Å². The molecule has 5 nitrogen and oxygen atoms in total. The number of anilines is 2. The second kappa shape index (κ2) is 8.34. The number of ether oxygens (including phenoxy) is 1. The molecule has 1 aromatic carbocycles. The summed E-state index contributed by atoms with van der Waals surface area (Å²) in [4.78, 5) is 9.12. The van der Waals surface area contributed by atoms with Crippen molar-refractivity contribution in [3.63, 3.8) is 0 Å². The summed E-state index contributed by atoms with van der Waals surface area (Å²) in [6.45, 7) is 6.51. The van der Waals surface area contributed by atoms with Gasteiger partial charge in [-0.25, -0.2) is 4.98 Å². The Kier molecular flexibility index (Phi) is 6.15. The molecule has 0 atom stereocenters. The van der Waals surface area contributed by atoms with Crippen molar-refractivity contribution in [2.24, 2.45) is 5.92 Å². The first-order valence-electron chi connectivity index (χ1n) is 7.60. The number of nitrogens with one attached hydrogen (secondary N) is 2. The van der Waals surface area contributed by atoms with Crippen LogP contribution in [0.4, 0.5) is 11.8 Å². The van der Waals surface area contributed by atoms with E-state index in [1.54, 1.807) is 7.11 Å². The van der Waals surface area contributed by atoms with E-state index >= 15 is 0 Å². The lowest BCUT2D eigenvalue weighted by Crippen LogP contribution is -2.14. The molecule has 1 heterocycles. The molecule has 0 fully saturated rings. The van der Waals surface area contributed by atoms with Gasteiger partial charge in [0, 0.05) is 31.8 Å². The minimum atomic E-state index is 0.536. The number of benzene rings is 1. The molecule has 0 saturated heterocycles. The lowest BCUT2D eigenvalue weighted by atomic mass is 10.1. The molecule has 2 rings (SSSR count). The Labute approximate surface area is 132 Å². The summed E-state index contributed by atoms with van der Waals surface area (Å²) >= 11 is 0. The summed E-state index contributed by atoms with van der Waals surface area (Å²) in [6, 6.07) is 12.1. The average Bonchev–Trinajstić information content (AvgIpc) is 2.54. The molecule has 0 radical (unpaired) electrons. The molecule has 0 aliphatic rings. The van der Waals surface area contributed by atoms with Gasteiger partial charge < -0.3 is 15.4 Å². The van der Waals surface area contributed by atoms with Gasteiger partial charge in [0.25, 0.3) is 0 Å². The maximum atomic E-state index is 5.07. The zero-order valence-corrected chi connectivity index (χ0v) is 13.5. The molecule has 0 saturated carbocycles. The summed E-state index contributed by atoms with van der Waals surface area (Å²) < 4.78 is 5.07. The molecular formula is C17H24N4O. The monoisotopic (exact) mass is 300 g/mol. The fourth-order valence-electron chi connectivity index (χ4n) is 1.95. The van der Waals surface area contributed by atoms with Gasteiger partial charge in [-0.3, -0.25) is 0 Å². The van der Waals surface area contributed by atoms with Crippen molar-refractivity contribution < 1.29 is 4.74 Å². The van der Waals surface area contributed by atoms with E-state index in [-0.39, 0.29) is 0 Å². The van der Waals surface area contributed by atoms with Gasteiger partial charge in [-0.05, 0) is 5.92 Å². The van der Waals surface area contributed by atoms with Gasteiger partial charge in [0.1, 0.15) is 5.82 Å². The summed E-state index contributed by atoms with van der Waals surface area (Å²) in [5.41, 5.74) is 1.98. The summed E-state index contributed by atoms with van der Waals surface area (Å²) in [5.74, 6) is 1.99. The molecule has 2 aromatic rings. The highest BCUT2D eigenvalue weighted by Crippen LogP contribution is 2.21. The fraction of sp³-hybridized carbons (Fsp3) is 0.412. The molecular weight excluding hydrogens is 276 g/mol. The highest BCUT2D eigenvalue weighted by molar-refractivity contribution is 5.64. The summed E-state index contributed by atoms with van der Waals surface area (Å²) in [6.07, 6.45) is 0. The van der Waals surface area contributed by atoms with E-state index in [1.165, 1.54) is 0 Å². The predicted octanol–water partition coefficient (Wildman–Crippen LogP) is 3.27. The Hall–Kier alpha value is -2.14. The van der Waals surface area contributed by atoms with Crippen molar-refractivity contribution >= 4 is 11.8 Å². The molecule has 2 N–H and O–H groups in total.